The van der Waals surface area contributed by atoms with E-state index in [1.54, 1.807) is 6.20 Å². The minimum absolute atomic E-state index is 0.214. The van der Waals surface area contributed by atoms with E-state index in [-0.39, 0.29) is 5.78 Å². The zero-order valence-corrected chi connectivity index (χ0v) is 10.3. The van der Waals surface area contributed by atoms with Crippen molar-refractivity contribution in [1.82, 2.24) is 10.3 Å². The molecular formula is C13H18N2O2. The number of nitrogens with one attached hydrogen (secondary N) is 1. The molecule has 1 heterocycles. The van der Waals surface area contributed by atoms with Crippen LogP contribution in [-0.4, -0.2) is 17.2 Å². The van der Waals surface area contributed by atoms with Crippen molar-refractivity contribution in [3.8, 4) is 0 Å². The zero-order valence-electron chi connectivity index (χ0n) is 10.3. The summed E-state index contributed by atoms with van der Waals surface area (Å²) in [6.45, 7) is 4.52. The molecule has 0 aromatic carbocycles. The molecule has 0 aliphatic heterocycles. The number of hydrogen-bond acceptors (Lipinski definition) is 3. The van der Waals surface area contributed by atoms with Crippen molar-refractivity contribution in [3.63, 3.8) is 0 Å². The maximum absolute atomic E-state index is 11.6. The smallest absolute Gasteiger partial charge is 0.207 e. The molecule has 0 aliphatic carbocycles. The van der Waals surface area contributed by atoms with Crippen LogP contribution in [0.3, 0.4) is 0 Å². The van der Waals surface area contributed by atoms with Crippen LogP contribution in [0.2, 0.25) is 0 Å². The highest BCUT2D eigenvalue weighted by Crippen LogP contribution is 2.06. The van der Waals surface area contributed by atoms with Crippen molar-refractivity contribution in [2.24, 2.45) is 5.92 Å². The summed E-state index contributed by atoms with van der Waals surface area (Å²) in [5.41, 5.74) is 1.71. The SMILES string of the molecule is CC(C)CC(=O)Cc1ccc(CNC=O)cn1. The summed E-state index contributed by atoms with van der Waals surface area (Å²) in [5, 5.41) is 2.56. The monoisotopic (exact) mass is 234 g/mol. The second-order valence-corrected chi connectivity index (χ2v) is 4.47. The molecule has 92 valence electrons. The Morgan fingerprint density at radius 1 is 1.47 bits per heavy atom. The van der Waals surface area contributed by atoms with Gasteiger partial charge in [-0.25, -0.2) is 0 Å². The first-order chi connectivity index (χ1) is 8.11. The maximum Gasteiger partial charge on any atom is 0.207 e. The lowest BCUT2D eigenvalue weighted by atomic mass is 10.0. The predicted molar refractivity (Wildman–Crippen MR) is 65.3 cm³/mol. The number of nitrogens with zero attached hydrogens (tertiary/aromatic N) is 1. The lowest BCUT2D eigenvalue weighted by Crippen LogP contribution is -2.11. The van der Waals surface area contributed by atoms with Crippen LogP contribution in [0.25, 0.3) is 0 Å². The van der Waals surface area contributed by atoms with Crippen LogP contribution in [-0.2, 0) is 22.6 Å². The molecule has 1 amide bonds. The molecule has 0 unspecified atom stereocenters. The van der Waals surface area contributed by atoms with E-state index in [9.17, 15) is 9.59 Å². The number of pyridine rings is 1. The fourth-order valence-corrected chi connectivity index (χ4v) is 1.55. The van der Waals surface area contributed by atoms with E-state index in [0.29, 0.717) is 31.7 Å². The first-order valence-corrected chi connectivity index (χ1v) is 5.74. The normalized spacial score (nSPS) is 10.3. The summed E-state index contributed by atoms with van der Waals surface area (Å²) >= 11 is 0. The molecule has 0 saturated heterocycles. The molecule has 4 nitrogen and oxygen atoms in total. The van der Waals surface area contributed by atoms with Gasteiger partial charge in [-0.05, 0) is 17.5 Å². The fraction of sp³-hybridized carbons (Fsp3) is 0.462. The van der Waals surface area contributed by atoms with Gasteiger partial charge in [-0.15, -0.1) is 0 Å². The quantitative estimate of drug-likeness (QED) is 0.727. The Bertz CT molecular complexity index is 372. The van der Waals surface area contributed by atoms with Gasteiger partial charge in [0.2, 0.25) is 6.41 Å². The van der Waals surface area contributed by atoms with Crippen LogP contribution in [0.5, 0.6) is 0 Å². The zero-order chi connectivity index (χ0) is 12.7. The van der Waals surface area contributed by atoms with Crippen LogP contribution in [0.15, 0.2) is 18.3 Å². The molecular weight excluding hydrogens is 216 g/mol. The molecule has 0 aliphatic rings. The van der Waals surface area contributed by atoms with Crippen molar-refractivity contribution in [1.29, 1.82) is 0 Å². The summed E-state index contributed by atoms with van der Waals surface area (Å²) in [4.78, 5) is 25.9. The van der Waals surface area contributed by atoms with Crippen LogP contribution < -0.4 is 5.32 Å². The lowest BCUT2D eigenvalue weighted by Gasteiger charge is -2.04. The molecule has 0 saturated carbocycles. The first kappa shape index (κ1) is 13.4. The summed E-state index contributed by atoms with van der Waals surface area (Å²) in [7, 11) is 0. The summed E-state index contributed by atoms with van der Waals surface area (Å²) in [6, 6.07) is 3.71. The number of hydrogen-bond donors (Lipinski definition) is 1. The third-order valence-electron chi connectivity index (χ3n) is 2.29. The Labute approximate surface area is 101 Å². The Balaban J connectivity index is 2.50. The van der Waals surface area contributed by atoms with E-state index < -0.39 is 0 Å². The number of carbonyl (C=O) groups excluding carboxylic acids is 2. The average Bonchev–Trinajstić information content (AvgIpc) is 2.27. The number of rotatable bonds is 7. The summed E-state index contributed by atoms with van der Waals surface area (Å²) < 4.78 is 0. The standard InChI is InChI=1S/C13H18N2O2/c1-10(2)5-13(17)6-12-4-3-11(8-15-12)7-14-9-16/h3-4,8-10H,5-7H2,1-2H3,(H,14,16). The second-order valence-electron chi connectivity index (χ2n) is 4.47. The number of amides is 1. The molecule has 1 aromatic heterocycles. The highest BCUT2D eigenvalue weighted by atomic mass is 16.1. The number of carbonyl (C=O) groups is 2. The van der Waals surface area contributed by atoms with Crippen molar-refractivity contribution in [2.75, 3.05) is 0 Å². The van der Waals surface area contributed by atoms with Crippen LogP contribution in [0.1, 0.15) is 31.5 Å². The largest absolute Gasteiger partial charge is 0.355 e. The predicted octanol–water partition coefficient (Wildman–Crippen LogP) is 1.49. The molecule has 0 radical (unpaired) electrons. The van der Waals surface area contributed by atoms with Gasteiger partial charge >= 0.3 is 0 Å². The van der Waals surface area contributed by atoms with E-state index in [2.05, 4.69) is 10.3 Å². The lowest BCUT2D eigenvalue weighted by molar-refractivity contribution is -0.119. The molecule has 1 rings (SSSR count). The van der Waals surface area contributed by atoms with E-state index in [1.807, 2.05) is 26.0 Å². The van der Waals surface area contributed by atoms with E-state index in [0.717, 1.165) is 11.3 Å². The molecule has 0 spiro atoms. The maximum atomic E-state index is 11.6. The van der Waals surface area contributed by atoms with Gasteiger partial charge in [0, 0.05) is 31.3 Å². The van der Waals surface area contributed by atoms with E-state index >= 15 is 0 Å². The number of ketones is 1. The average molecular weight is 234 g/mol. The summed E-state index contributed by atoms with van der Waals surface area (Å²) in [5.74, 6) is 0.602. The Kier molecular flexibility index (Phi) is 5.33. The Morgan fingerprint density at radius 3 is 2.76 bits per heavy atom. The van der Waals surface area contributed by atoms with Gasteiger partial charge in [0.15, 0.2) is 0 Å². The molecule has 17 heavy (non-hydrogen) atoms. The topological polar surface area (TPSA) is 59.1 Å². The molecule has 1 aromatic rings. The van der Waals surface area contributed by atoms with Gasteiger partial charge in [-0.2, -0.15) is 0 Å². The molecule has 0 bridgehead atoms. The highest BCUT2D eigenvalue weighted by Gasteiger charge is 2.07. The minimum atomic E-state index is 0.214. The molecule has 0 fully saturated rings. The third-order valence-corrected chi connectivity index (χ3v) is 2.29. The molecule has 1 N–H and O–H groups in total. The molecule has 0 atom stereocenters. The van der Waals surface area contributed by atoms with Crippen LogP contribution in [0, 0.1) is 5.92 Å². The van der Waals surface area contributed by atoms with Crippen LogP contribution >= 0.6 is 0 Å². The first-order valence-electron chi connectivity index (χ1n) is 5.74. The van der Waals surface area contributed by atoms with Crippen molar-refractivity contribution < 1.29 is 9.59 Å². The van der Waals surface area contributed by atoms with Gasteiger partial charge in [-0.1, -0.05) is 19.9 Å². The number of aromatic nitrogens is 1. The van der Waals surface area contributed by atoms with E-state index in [4.69, 9.17) is 0 Å². The van der Waals surface area contributed by atoms with Gasteiger partial charge in [-0.3, -0.25) is 14.6 Å². The van der Waals surface area contributed by atoms with Crippen molar-refractivity contribution >= 4 is 12.2 Å². The Hall–Kier alpha value is -1.71. The third kappa shape index (κ3) is 5.24. The second kappa shape index (κ2) is 6.78. The van der Waals surface area contributed by atoms with Gasteiger partial charge in [0.05, 0.1) is 0 Å². The van der Waals surface area contributed by atoms with Gasteiger partial charge in [0.1, 0.15) is 5.78 Å². The molecule has 4 heteroatoms. The van der Waals surface area contributed by atoms with Crippen molar-refractivity contribution in [3.05, 3.63) is 29.6 Å². The van der Waals surface area contributed by atoms with Gasteiger partial charge < -0.3 is 5.32 Å². The van der Waals surface area contributed by atoms with Gasteiger partial charge in [0.25, 0.3) is 0 Å². The van der Waals surface area contributed by atoms with Crippen LogP contribution in [0.4, 0.5) is 0 Å². The van der Waals surface area contributed by atoms with Crippen molar-refractivity contribution in [2.45, 2.75) is 33.2 Å². The highest BCUT2D eigenvalue weighted by molar-refractivity contribution is 5.80. The minimum Gasteiger partial charge on any atom is -0.355 e. The number of Topliss-reactive ketones (excluding diaryl/α,β-unsaturated/α-hetero) is 1. The van der Waals surface area contributed by atoms with E-state index in [1.165, 1.54) is 0 Å². The Morgan fingerprint density at radius 2 is 2.24 bits per heavy atom. The fourth-order valence-electron chi connectivity index (χ4n) is 1.55. The summed E-state index contributed by atoms with van der Waals surface area (Å²) in [6.07, 6.45) is 3.32.